The number of hydrogen-bond acceptors (Lipinski definition) is 4. The van der Waals surface area contributed by atoms with Gasteiger partial charge in [0.15, 0.2) is 5.75 Å². The van der Waals surface area contributed by atoms with Crippen molar-refractivity contribution < 1.29 is 14.6 Å². The number of aryl methyl sites for hydroxylation is 1. The number of benzene rings is 1. The fourth-order valence-electron chi connectivity index (χ4n) is 2.39. The van der Waals surface area contributed by atoms with Crippen molar-refractivity contribution in [1.82, 2.24) is 0 Å². The van der Waals surface area contributed by atoms with E-state index >= 15 is 0 Å². The highest BCUT2D eigenvalue weighted by molar-refractivity contribution is 7.11. The van der Waals surface area contributed by atoms with Crippen LogP contribution in [0.4, 0.5) is 5.69 Å². The third-order valence-electron chi connectivity index (χ3n) is 3.32. The van der Waals surface area contributed by atoms with Crippen LogP contribution in [0.5, 0.6) is 5.75 Å². The molecule has 3 rings (SSSR count). The Bertz CT molecular complexity index is 650. The minimum atomic E-state index is -0.948. The van der Waals surface area contributed by atoms with E-state index in [1.165, 1.54) is 9.75 Å². The molecule has 0 aliphatic carbocycles. The van der Waals surface area contributed by atoms with E-state index in [1.54, 1.807) is 23.5 Å². The van der Waals surface area contributed by atoms with Crippen LogP contribution >= 0.6 is 11.3 Å². The summed E-state index contributed by atoms with van der Waals surface area (Å²) in [6.07, 6.45) is 0. The Balaban J connectivity index is 1.94. The SMILES string of the molecule is Cc1ccc(CN2CCOc3c(C(=O)O)cccc32)s1. The van der Waals surface area contributed by atoms with Crippen molar-refractivity contribution in [2.75, 3.05) is 18.1 Å². The molecule has 4 nitrogen and oxygen atoms in total. The van der Waals surface area contributed by atoms with E-state index in [2.05, 4.69) is 24.0 Å². The number of para-hydroxylation sites is 1. The Kier molecular flexibility index (Phi) is 3.36. The fourth-order valence-corrected chi connectivity index (χ4v) is 3.30. The van der Waals surface area contributed by atoms with E-state index < -0.39 is 5.97 Å². The van der Waals surface area contributed by atoms with Gasteiger partial charge in [-0.05, 0) is 31.2 Å². The van der Waals surface area contributed by atoms with Crippen molar-refractivity contribution in [2.45, 2.75) is 13.5 Å². The molecule has 0 atom stereocenters. The van der Waals surface area contributed by atoms with Gasteiger partial charge in [0.25, 0.3) is 0 Å². The first-order chi connectivity index (χ1) is 9.65. The van der Waals surface area contributed by atoms with Crippen molar-refractivity contribution >= 4 is 23.0 Å². The zero-order valence-corrected chi connectivity index (χ0v) is 11.9. The van der Waals surface area contributed by atoms with E-state index in [1.807, 2.05) is 6.07 Å². The van der Waals surface area contributed by atoms with Gasteiger partial charge in [0, 0.05) is 9.75 Å². The first-order valence-corrected chi connectivity index (χ1v) is 7.26. The van der Waals surface area contributed by atoms with Crippen LogP contribution in [0, 0.1) is 6.92 Å². The van der Waals surface area contributed by atoms with Crippen LogP contribution in [0.25, 0.3) is 0 Å². The Morgan fingerprint density at radius 2 is 2.25 bits per heavy atom. The lowest BCUT2D eigenvalue weighted by Gasteiger charge is -2.31. The molecule has 1 aliphatic rings. The molecule has 1 aliphatic heterocycles. The van der Waals surface area contributed by atoms with Gasteiger partial charge >= 0.3 is 5.97 Å². The molecule has 104 valence electrons. The largest absolute Gasteiger partial charge is 0.489 e. The maximum atomic E-state index is 11.2. The first kappa shape index (κ1) is 13.0. The predicted octanol–water partition coefficient (Wildman–Crippen LogP) is 3.15. The first-order valence-electron chi connectivity index (χ1n) is 6.44. The lowest BCUT2D eigenvalue weighted by atomic mass is 10.1. The van der Waals surface area contributed by atoms with Crippen molar-refractivity contribution in [3.05, 3.63) is 45.6 Å². The minimum Gasteiger partial charge on any atom is -0.489 e. The summed E-state index contributed by atoms with van der Waals surface area (Å²) in [7, 11) is 0. The van der Waals surface area contributed by atoms with Crippen LogP contribution in [0.1, 0.15) is 20.1 Å². The number of anilines is 1. The van der Waals surface area contributed by atoms with Gasteiger partial charge in [0.1, 0.15) is 12.2 Å². The molecular weight excluding hydrogens is 274 g/mol. The topological polar surface area (TPSA) is 49.8 Å². The molecule has 0 amide bonds. The highest BCUT2D eigenvalue weighted by Gasteiger charge is 2.23. The second kappa shape index (κ2) is 5.17. The third kappa shape index (κ3) is 2.36. The number of aromatic carboxylic acids is 1. The summed E-state index contributed by atoms with van der Waals surface area (Å²) >= 11 is 1.77. The molecule has 0 radical (unpaired) electrons. The van der Waals surface area contributed by atoms with Gasteiger partial charge in [0.05, 0.1) is 18.8 Å². The highest BCUT2D eigenvalue weighted by Crippen LogP contribution is 2.36. The fraction of sp³-hybridized carbons (Fsp3) is 0.267. The number of carbonyl (C=O) groups is 1. The molecule has 0 saturated heterocycles. The van der Waals surface area contributed by atoms with Gasteiger partial charge in [-0.2, -0.15) is 0 Å². The average Bonchev–Trinajstić information content (AvgIpc) is 2.84. The van der Waals surface area contributed by atoms with Crippen molar-refractivity contribution in [3.8, 4) is 5.75 Å². The number of fused-ring (bicyclic) bond motifs is 1. The van der Waals surface area contributed by atoms with Crippen LogP contribution < -0.4 is 9.64 Å². The normalized spacial score (nSPS) is 13.8. The minimum absolute atomic E-state index is 0.231. The number of rotatable bonds is 3. The van der Waals surface area contributed by atoms with Crippen LogP contribution in [0.3, 0.4) is 0 Å². The smallest absolute Gasteiger partial charge is 0.339 e. The molecule has 0 saturated carbocycles. The zero-order valence-electron chi connectivity index (χ0n) is 11.1. The van der Waals surface area contributed by atoms with Gasteiger partial charge < -0.3 is 14.7 Å². The lowest BCUT2D eigenvalue weighted by molar-refractivity contribution is 0.0692. The molecule has 5 heteroatoms. The molecule has 0 bridgehead atoms. The average molecular weight is 289 g/mol. The second-order valence-corrected chi connectivity index (χ2v) is 6.11. The van der Waals surface area contributed by atoms with Gasteiger partial charge in [-0.15, -0.1) is 11.3 Å². The number of thiophene rings is 1. The predicted molar refractivity (Wildman–Crippen MR) is 79.0 cm³/mol. The van der Waals surface area contributed by atoms with Crippen LogP contribution in [-0.2, 0) is 6.54 Å². The highest BCUT2D eigenvalue weighted by atomic mass is 32.1. The Hall–Kier alpha value is -2.01. The number of nitrogens with zero attached hydrogens (tertiary/aromatic N) is 1. The Morgan fingerprint density at radius 1 is 1.40 bits per heavy atom. The second-order valence-electron chi connectivity index (χ2n) is 4.74. The molecule has 0 unspecified atom stereocenters. The Morgan fingerprint density at radius 3 is 2.95 bits per heavy atom. The molecular formula is C15H15NO3S. The van der Waals surface area contributed by atoms with Crippen molar-refractivity contribution in [2.24, 2.45) is 0 Å². The van der Waals surface area contributed by atoms with Crippen molar-refractivity contribution in [1.29, 1.82) is 0 Å². The van der Waals surface area contributed by atoms with Gasteiger partial charge in [-0.25, -0.2) is 4.79 Å². The number of carboxylic acids is 1. The van der Waals surface area contributed by atoms with Gasteiger partial charge in [-0.1, -0.05) is 6.07 Å². The van der Waals surface area contributed by atoms with Crippen LogP contribution in [-0.4, -0.2) is 24.2 Å². The molecule has 1 N–H and O–H groups in total. The summed E-state index contributed by atoms with van der Waals surface area (Å²) in [4.78, 5) is 16.0. The molecule has 1 aromatic carbocycles. The van der Waals surface area contributed by atoms with Gasteiger partial charge in [0.2, 0.25) is 0 Å². The van der Waals surface area contributed by atoms with E-state index in [-0.39, 0.29) is 5.56 Å². The van der Waals surface area contributed by atoms with Crippen molar-refractivity contribution in [3.63, 3.8) is 0 Å². The number of hydrogen-bond donors (Lipinski definition) is 1. The van der Waals surface area contributed by atoms with Crippen LogP contribution in [0.2, 0.25) is 0 Å². The number of carboxylic acid groups (broad SMARTS) is 1. The van der Waals surface area contributed by atoms with E-state index in [0.29, 0.717) is 12.4 Å². The quantitative estimate of drug-likeness (QED) is 0.943. The summed E-state index contributed by atoms with van der Waals surface area (Å²) < 4.78 is 5.57. The molecule has 0 fully saturated rings. The maximum absolute atomic E-state index is 11.2. The number of ether oxygens (including phenoxy) is 1. The molecule has 2 aromatic rings. The van der Waals surface area contributed by atoms with Gasteiger partial charge in [-0.3, -0.25) is 0 Å². The zero-order chi connectivity index (χ0) is 14.1. The molecule has 2 heterocycles. The maximum Gasteiger partial charge on any atom is 0.339 e. The van der Waals surface area contributed by atoms with E-state index in [4.69, 9.17) is 4.74 Å². The summed E-state index contributed by atoms with van der Waals surface area (Å²) in [5.74, 6) is -0.463. The molecule has 0 spiro atoms. The van der Waals surface area contributed by atoms with E-state index in [0.717, 1.165) is 18.8 Å². The third-order valence-corrected chi connectivity index (χ3v) is 4.30. The molecule has 1 aromatic heterocycles. The monoisotopic (exact) mass is 289 g/mol. The summed E-state index contributed by atoms with van der Waals surface area (Å²) in [5.41, 5.74) is 1.09. The standard InChI is InChI=1S/C15H15NO3S/c1-10-5-6-11(20-10)9-16-7-8-19-14-12(15(17)18)3-2-4-13(14)16/h2-6H,7-9H2,1H3,(H,17,18). The van der Waals surface area contributed by atoms with E-state index in [9.17, 15) is 9.90 Å². The summed E-state index contributed by atoms with van der Waals surface area (Å²) in [6.45, 7) is 4.16. The summed E-state index contributed by atoms with van der Waals surface area (Å²) in [5, 5.41) is 9.22. The Labute approximate surface area is 121 Å². The molecule has 20 heavy (non-hydrogen) atoms. The van der Waals surface area contributed by atoms with Crippen LogP contribution in [0.15, 0.2) is 30.3 Å². The lowest BCUT2D eigenvalue weighted by Crippen LogP contribution is -2.32. The summed E-state index contributed by atoms with van der Waals surface area (Å²) in [6, 6.07) is 9.50.